The number of carbonyl (C=O) groups is 1. The van der Waals surface area contributed by atoms with E-state index < -0.39 is 11.6 Å². The molecule has 0 spiro atoms. The molecule has 0 atom stereocenters. The van der Waals surface area contributed by atoms with Crippen LogP contribution in [-0.4, -0.2) is 29.0 Å². The van der Waals surface area contributed by atoms with Gasteiger partial charge in [-0.2, -0.15) is 0 Å². The Morgan fingerprint density at radius 3 is 2.38 bits per heavy atom. The average Bonchev–Trinajstić information content (AvgIpc) is 3.08. The molecule has 24 heavy (non-hydrogen) atoms. The number of carbonyl (C=O) groups excluding carboxylic acids is 1. The van der Waals surface area contributed by atoms with Gasteiger partial charge in [0.05, 0.1) is 0 Å². The second-order valence-corrected chi connectivity index (χ2v) is 6.07. The summed E-state index contributed by atoms with van der Waals surface area (Å²) in [6.07, 6.45) is 5.85. The highest BCUT2D eigenvalue weighted by molar-refractivity contribution is 5.88. The van der Waals surface area contributed by atoms with Gasteiger partial charge in [0.2, 0.25) is 0 Å². The lowest BCUT2D eigenvalue weighted by atomic mass is 10.1. The summed E-state index contributed by atoms with van der Waals surface area (Å²) in [4.78, 5) is 18.1. The summed E-state index contributed by atoms with van der Waals surface area (Å²) in [5.74, 6) is -0.869. The van der Waals surface area contributed by atoms with Crippen molar-refractivity contribution in [1.82, 2.24) is 9.88 Å². The highest BCUT2D eigenvalue weighted by atomic mass is 19.1. The van der Waals surface area contributed by atoms with E-state index in [1.165, 1.54) is 18.3 Å². The van der Waals surface area contributed by atoms with Gasteiger partial charge in [-0.15, -0.1) is 0 Å². The van der Waals surface area contributed by atoms with Crippen LogP contribution in [0.15, 0.2) is 36.5 Å². The van der Waals surface area contributed by atoms with Gasteiger partial charge in [-0.25, -0.2) is 18.6 Å². The van der Waals surface area contributed by atoms with Crippen molar-refractivity contribution in [3.63, 3.8) is 0 Å². The summed E-state index contributed by atoms with van der Waals surface area (Å²) in [5.41, 5.74) is 0.983. The molecule has 2 amide bonds. The molecule has 126 valence electrons. The number of rotatable bonds is 3. The van der Waals surface area contributed by atoms with Crippen LogP contribution in [0.5, 0.6) is 0 Å². The van der Waals surface area contributed by atoms with E-state index >= 15 is 0 Å². The molecule has 0 unspecified atom stereocenters. The minimum absolute atomic E-state index is 0.195. The predicted molar refractivity (Wildman–Crippen MR) is 88.6 cm³/mol. The van der Waals surface area contributed by atoms with Gasteiger partial charge in [-0.3, -0.25) is 5.32 Å². The molecular formula is C18H19F2N3O. The number of nitrogens with zero attached hydrogens (tertiary/aromatic N) is 2. The molecule has 1 N–H and O–H groups in total. The maximum atomic E-state index is 13.3. The van der Waals surface area contributed by atoms with Crippen LogP contribution in [0.3, 0.4) is 0 Å². The smallest absolute Gasteiger partial charge is 0.322 e. The topological polar surface area (TPSA) is 45.2 Å². The monoisotopic (exact) mass is 331 g/mol. The molecule has 3 rings (SSSR count). The first-order valence-corrected chi connectivity index (χ1v) is 7.99. The van der Waals surface area contributed by atoms with Gasteiger partial charge in [-0.05, 0) is 42.7 Å². The van der Waals surface area contributed by atoms with Gasteiger partial charge in [0.25, 0.3) is 0 Å². The minimum Gasteiger partial charge on any atom is -0.325 e. The standard InChI is InChI=1S/C18H19F2N3O/c1-23(16-4-2-3-5-16)18(24)22-17-7-6-12(11-21-17)13-8-14(19)10-15(20)9-13/h6-11,16H,2-5H2,1H3,(H,21,22,24). The molecule has 6 heteroatoms. The van der Waals surface area contributed by atoms with Gasteiger partial charge in [0, 0.05) is 30.9 Å². The molecule has 0 saturated heterocycles. The van der Waals surface area contributed by atoms with Crippen molar-refractivity contribution < 1.29 is 13.6 Å². The van der Waals surface area contributed by atoms with Crippen molar-refractivity contribution in [3.8, 4) is 11.1 Å². The van der Waals surface area contributed by atoms with Gasteiger partial charge in [0.1, 0.15) is 17.5 Å². The molecule has 1 aliphatic carbocycles. The third kappa shape index (κ3) is 3.69. The van der Waals surface area contributed by atoms with Gasteiger partial charge in [0.15, 0.2) is 0 Å². The molecule has 1 aromatic carbocycles. The van der Waals surface area contributed by atoms with Crippen LogP contribution in [0.1, 0.15) is 25.7 Å². The van der Waals surface area contributed by atoms with Crippen molar-refractivity contribution in [1.29, 1.82) is 0 Å². The Morgan fingerprint density at radius 2 is 1.79 bits per heavy atom. The Hall–Kier alpha value is -2.50. The Morgan fingerprint density at radius 1 is 1.12 bits per heavy atom. The third-order valence-electron chi connectivity index (χ3n) is 4.39. The fourth-order valence-electron chi connectivity index (χ4n) is 3.01. The Kier molecular flexibility index (Phi) is 4.74. The van der Waals surface area contributed by atoms with Crippen LogP contribution in [-0.2, 0) is 0 Å². The number of aromatic nitrogens is 1. The summed E-state index contributed by atoms with van der Waals surface area (Å²) in [6, 6.07) is 6.69. The number of pyridine rings is 1. The lowest BCUT2D eigenvalue weighted by Crippen LogP contribution is -2.38. The van der Waals surface area contributed by atoms with E-state index in [2.05, 4.69) is 10.3 Å². The summed E-state index contributed by atoms with van der Waals surface area (Å²) < 4.78 is 26.6. The zero-order chi connectivity index (χ0) is 17.1. The highest BCUT2D eigenvalue weighted by Crippen LogP contribution is 2.24. The summed E-state index contributed by atoms with van der Waals surface area (Å²) in [6.45, 7) is 0. The third-order valence-corrected chi connectivity index (χ3v) is 4.39. The molecule has 0 radical (unpaired) electrons. The predicted octanol–water partition coefficient (Wildman–Crippen LogP) is 4.43. The number of nitrogens with one attached hydrogen (secondary N) is 1. The lowest BCUT2D eigenvalue weighted by molar-refractivity contribution is 0.204. The van der Waals surface area contributed by atoms with Crippen molar-refractivity contribution in [2.45, 2.75) is 31.7 Å². The average molecular weight is 331 g/mol. The Labute approximate surface area is 139 Å². The van der Waals surface area contributed by atoms with E-state index in [4.69, 9.17) is 0 Å². The fourth-order valence-corrected chi connectivity index (χ4v) is 3.01. The Bertz CT molecular complexity index is 707. The maximum absolute atomic E-state index is 13.3. The normalized spacial score (nSPS) is 14.6. The van der Waals surface area contributed by atoms with Gasteiger partial charge < -0.3 is 4.90 Å². The number of benzene rings is 1. The van der Waals surface area contributed by atoms with Crippen LogP contribution < -0.4 is 5.32 Å². The minimum atomic E-state index is -0.638. The fraction of sp³-hybridized carbons (Fsp3) is 0.333. The molecule has 1 aliphatic rings. The van der Waals surface area contributed by atoms with E-state index in [9.17, 15) is 13.6 Å². The van der Waals surface area contributed by atoms with Crippen LogP contribution in [0.2, 0.25) is 0 Å². The molecule has 4 nitrogen and oxygen atoms in total. The number of anilines is 1. The maximum Gasteiger partial charge on any atom is 0.322 e. The highest BCUT2D eigenvalue weighted by Gasteiger charge is 2.23. The van der Waals surface area contributed by atoms with E-state index in [1.807, 2.05) is 0 Å². The van der Waals surface area contributed by atoms with Crippen molar-refractivity contribution in [2.24, 2.45) is 0 Å². The molecule has 1 fully saturated rings. The molecule has 1 heterocycles. The lowest BCUT2D eigenvalue weighted by Gasteiger charge is -2.24. The SMILES string of the molecule is CN(C(=O)Nc1ccc(-c2cc(F)cc(F)c2)cn1)C1CCCC1. The summed E-state index contributed by atoms with van der Waals surface area (Å²) in [5, 5.41) is 2.75. The zero-order valence-electron chi connectivity index (χ0n) is 13.4. The second kappa shape index (κ2) is 6.95. The number of hydrogen-bond acceptors (Lipinski definition) is 2. The molecule has 0 bridgehead atoms. The molecule has 1 aromatic heterocycles. The first kappa shape index (κ1) is 16.4. The van der Waals surface area contributed by atoms with Gasteiger partial charge in [-0.1, -0.05) is 12.8 Å². The van der Waals surface area contributed by atoms with Crippen LogP contribution in [0.4, 0.5) is 19.4 Å². The van der Waals surface area contributed by atoms with Crippen LogP contribution in [0.25, 0.3) is 11.1 Å². The molecule has 0 aliphatic heterocycles. The zero-order valence-corrected chi connectivity index (χ0v) is 13.4. The van der Waals surface area contributed by atoms with Crippen molar-refractivity contribution >= 4 is 11.8 Å². The van der Waals surface area contributed by atoms with E-state index in [-0.39, 0.29) is 12.1 Å². The quantitative estimate of drug-likeness (QED) is 0.904. The number of amides is 2. The van der Waals surface area contributed by atoms with Crippen molar-refractivity contribution in [2.75, 3.05) is 12.4 Å². The summed E-state index contributed by atoms with van der Waals surface area (Å²) in [7, 11) is 1.79. The number of hydrogen-bond donors (Lipinski definition) is 1. The van der Waals surface area contributed by atoms with Gasteiger partial charge >= 0.3 is 6.03 Å². The first-order valence-electron chi connectivity index (χ1n) is 7.99. The number of halogens is 2. The summed E-state index contributed by atoms with van der Waals surface area (Å²) >= 11 is 0. The van der Waals surface area contributed by atoms with Crippen molar-refractivity contribution in [3.05, 3.63) is 48.2 Å². The second-order valence-electron chi connectivity index (χ2n) is 6.07. The first-order chi connectivity index (χ1) is 11.5. The molecular weight excluding hydrogens is 312 g/mol. The largest absolute Gasteiger partial charge is 0.325 e. The Balaban J connectivity index is 1.69. The van der Waals surface area contributed by atoms with Crippen LogP contribution in [0, 0.1) is 11.6 Å². The number of urea groups is 1. The molecule has 2 aromatic rings. The molecule has 1 saturated carbocycles. The van der Waals surface area contributed by atoms with E-state index in [0.717, 1.165) is 31.7 Å². The van der Waals surface area contributed by atoms with E-state index in [0.29, 0.717) is 16.9 Å². The van der Waals surface area contributed by atoms with Crippen LogP contribution >= 0.6 is 0 Å². The van der Waals surface area contributed by atoms with E-state index in [1.54, 1.807) is 24.1 Å².